The van der Waals surface area contributed by atoms with Crippen LogP contribution in [0.1, 0.15) is 19.4 Å². The number of hydrogen-bond acceptors (Lipinski definition) is 3. The van der Waals surface area contributed by atoms with Gasteiger partial charge in [0.1, 0.15) is 6.04 Å². The summed E-state index contributed by atoms with van der Waals surface area (Å²) in [6.45, 7) is 4.08. The van der Waals surface area contributed by atoms with Crippen LogP contribution in [0.5, 0.6) is 0 Å². The molecule has 0 unspecified atom stereocenters. The molecule has 0 aliphatic heterocycles. The van der Waals surface area contributed by atoms with Gasteiger partial charge in [0.05, 0.1) is 7.11 Å². The van der Waals surface area contributed by atoms with Crippen LogP contribution in [-0.4, -0.2) is 30.0 Å². The highest BCUT2D eigenvalue weighted by molar-refractivity contribution is 7.69. The van der Waals surface area contributed by atoms with Gasteiger partial charge in [0.15, 0.2) is 7.29 Å². The molecule has 5 heteroatoms. The highest BCUT2D eigenvalue weighted by atomic mass is 31.2. The minimum absolute atomic E-state index is 0.379. The van der Waals surface area contributed by atoms with E-state index in [4.69, 9.17) is 4.74 Å². The standard InChI is InChI=1S/C19H24NO3P/c1-4-24(22,18-13-9-6-10-14-18)20(16(2)19(21)23-3)15-17-11-7-5-8-12-17/h5-14,16H,4,15H2,1-3H3/t16-,24+/m1/s1. The highest BCUT2D eigenvalue weighted by Crippen LogP contribution is 2.50. The van der Waals surface area contributed by atoms with E-state index in [0.717, 1.165) is 10.9 Å². The molecule has 2 atom stereocenters. The third kappa shape index (κ3) is 3.95. The van der Waals surface area contributed by atoms with Crippen molar-refractivity contribution in [3.05, 3.63) is 66.2 Å². The largest absolute Gasteiger partial charge is 0.468 e. The van der Waals surface area contributed by atoms with E-state index in [1.54, 1.807) is 11.6 Å². The normalized spacial score (nSPS) is 14.8. The zero-order valence-electron chi connectivity index (χ0n) is 14.4. The lowest BCUT2D eigenvalue weighted by molar-refractivity contribution is -0.144. The third-order valence-corrected chi connectivity index (χ3v) is 7.46. The van der Waals surface area contributed by atoms with Crippen molar-refractivity contribution in [1.29, 1.82) is 0 Å². The fourth-order valence-electron chi connectivity index (χ4n) is 2.77. The molecule has 24 heavy (non-hydrogen) atoms. The summed E-state index contributed by atoms with van der Waals surface area (Å²) in [5.41, 5.74) is 1.01. The van der Waals surface area contributed by atoms with Gasteiger partial charge >= 0.3 is 5.97 Å². The third-order valence-electron chi connectivity index (χ3n) is 4.18. The summed E-state index contributed by atoms with van der Waals surface area (Å²) < 4.78 is 20.6. The fraction of sp³-hybridized carbons (Fsp3) is 0.316. The Labute approximate surface area is 143 Å². The van der Waals surface area contributed by atoms with Crippen LogP contribution >= 0.6 is 7.29 Å². The lowest BCUT2D eigenvalue weighted by atomic mass is 10.2. The van der Waals surface area contributed by atoms with Crippen LogP contribution in [0.15, 0.2) is 60.7 Å². The number of esters is 1. The van der Waals surface area contributed by atoms with Gasteiger partial charge in [0, 0.05) is 18.0 Å². The van der Waals surface area contributed by atoms with E-state index < -0.39 is 13.3 Å². The van der Waals surface area contributed by atoms with Crippen LogP contribution in [0, 0.1) is 0 Å². The first-order valence-electron chi connectivity index (χ1n) is 8.06. The number of ether oxygens (including phenoxy) is 1. The van der Waals surface area contributed by atoms with Crippen molar-refractivity contribution in [3.8, 4) is 0 Å². The Morgan fingerprint density at radius 2 is 1.62 bits per heavy atom. The van der Waals surface area contributed by atoms with Gasteiger partial charge in [-0.25, -0.2) is 4.67 Å². The minimum atomic E-state index is -2.92. The molecule has 0 spiro atoms. The van der Waals surface area contributed by atoms with Gasteiger partial charge in [0.25, 0.3) is 0 Å². The Hall–Kier alpha value is -1.90. The van der Waals surface area contributed by atoms with Gasteiger partial charge in [-0.2, -0.15) is 0 Å². The van der Waals surface area contributed by atoms with Crippen molar-refractivity contribution < 1.29 is 14.1 Å². The molecule has 0 amide bonds. The van der Waals surface area contributed by atoms with Gasteiger partial charge in [-0.3, -0.25) is 4.79 Å². The van der Waals surface area contributed by atoms with Crippen LogP contribution in [0.3, 0.4) is 0 Å². The molecule has 2 aromatic carbocycles. The van der Waals surface area contributed by atoms with E-state index >= 15 is 0 Å². The molecule has 4 nitrogen and oxygen atoms in total. The molecular formula is C19H24NO3P. The summed E-state index contributed by atoms with van der Waals surface area (Å²) in [7, 11) is -1.56. The molecule has 0 saturated carbocycles. The first-order chi connectivity index (χ1) is 11.5. The lowest BCUT2D eigenvalue weighted by Crippen LogP contribution is -2.40. The van der Waals surface area contributed by atoms with Crippen LogP contribution in [-0.2, 0) is 20.6 Å². The first-order valence-corrected chi connectivity index (χ1v) is 9.91. The number of carbonyl (C=O) groups excluding carboxylic acids is 1. The molecular weight excluding hydrogens is 321 g/mol. The van der Waals surface area contributed by atoms with Crippen LogP contribution in [0.25, 0.3) is 0 Å². The molecule has 0 bridgehead atoms. The molecule has 0 aliphatic carbocycles. The quantitative estimate of drug-likeness (QED) is 0.567. The zero-order valence-corrected chi connectivity index (χ0v) is 15.3. The summed E-state index contributed by atoms with van der Waals surface area (Å²) in [6, 6.07) is 18.6. The Morgan fingerprint density at radius 3 is 2.12 bits per heavy atom. The van der Waals surface area contributed by atoms with Gasteiger partial charge in [-0.15, -0.1) is 0 Å². The van der Waals surface area contributed by atoms with Gasteiger partial charge in [-0.1, -0.05) is 67.6 Å². The number of benzene rings is 2. The van der Waals surface area contributed by atoms with Gasteiger partial charge in [0.2, 0.25) is 0 Å². The van der Waals surface area contributed by atoms with Crippen molar-refractivity contribution in [3.63, 3.8) is 0 Å². The number of nitrogens with zero attached hydrogens (tertiary/aromatic N) is 1. The van der Waals surface area contributed by atoms with E-state index in [-0.39, 0.29) is 5.97 Å². The van der Waals surface area contributed by atoms with E-state index in [9.17, 15) is 9.36 Å². The molecule has 0 aliphatic rings. The predicted octanol–water partition coefficient (Wildman–Crippen LogP) is 3.67. The Morgan fingerprint density at radius 1 is 1.08 bits per heavy atom. The predicted molar refractivity (Wildman–Crippen MR) is 97.7 cm³/mol. The van der Waals surface area contributed by atoms with Gasteiger partial charge in [-0.05, 0) is 12.5 Å². The maximum atomic E-state index is 13.9. The van der Waals surface area contributed by atoms with Crippen molar-refractivity contribution in [2.75, 3.05) is 13.3 Å². The van der Waals surface area contributed by atoms with E-state index in [1.807, 2.05) is 67.6 Å². The van der Waals surface area contributed by atoms with Crippen molar-refractivity contribution >= 4 is 18.6 Å². The Balaban J connectivity index is 2.47. The summed E-state index contributed by atoms with van der Waals surface area (Å²) in [5.74, 6) is -0.379. The second-order valence-electron chi connectivity index (χ2n) is 5.64. The van der Waals surface area contributed by atoms with Crippen LogP contribution in [0.2, 0.25) is 0 Å². The monoisotopic (exact) mass is 345 g/mol. The summed E-state index contributed by atoms with van der Waals surface area (Å²) in [6.07, 6.45) is 0.450. The number of carbonyl (C=O) groups is 1. The van der Waals surface area contributed by atoms with E-state index in [2.05, 4.69) is 0 Å². The fourth-order valence-corrected chi connectivity index (χ4v) is 5.48. The number of hydrogen-bond donors (Lipinski definition) is 0. The maximum absolute atomic E-state index is 13.9. The molecule has 0 fully saturated rings. The van der Waals surface area contributed by atoms with Crippen molar-refractivity contribution in [2.45, 2.75) is 26.4 Å². The second kappa shape index (κ2) is 8.27. The molecule has 0 saturated heterocycles. The summed E-state index contributed by atoms with van der Waals surface area (Å²) in [5, 5.41) is 0.763. The molecule has 2 aromatic rings. The highest BCUT2D eigenvalue weighted by Gasteiger charge is 2.37. The SMILES string of the molecule is CC[P@](=O)(c1ccccc1)N(Cc1ccccc1)[C@H](C)C(=O)OC. The van der Waals surface area contributed by atoms with Crippen molar-refractivity contribution in [1.82, 2.24) is 4.67 Å². The molecule has 128 valence electrons. The van der Waals surface area contributed by atoms with E-state index in [0.29, 0.717) is 12.7 Å². The average molecular weight is 345 g/mol. The van der Waals surface area contributed by atoms with Crippen LogP contribution in [0.4, 0.5) is 0 Å². The number of methoxy groups -OCH3 is 1. The molecule has 0 radical (unpaired) electrons. The summed E-state index contributed by atoms with van der Waals surface area (Å²) in [4.78, 5) is 12.2. The van der Waals surface area contributed by atoms with E-state index in [1.165, 1.54) is 7.11 Å². The smallest absolute Gasteiger partial charge is 0.323 e. The number of rotatable bonds is 7. The Bertz CT molecular complexity index is 703. The topological polar surface area (TPSA) is 46.6 Å². The second-order valence-corrected chi connectivity index (χ2v) is 8.70. The minimum Gasteiger partial charge on any atom is -0.468 e. The molecule has 2 rings (SSSR count). The molecule has 0 heterocycles. The van der Waals surface area contributed by atoms with Gasteiger partial charge < -0.3 is 9.30 Å². The molecule has 0 N–H and O–H groups in total. The zero-order chi connectivity index (χ0) is 17.6. The maximum Gasteiger partial charge on any atom is 0.323 e. The first kappa shape index (κ1) is 18.4. The summed E-state index contributed by atoms with van der Waals surface area (Å²) >= 11 is 0. The Kier molecular flexibility index (Phi) is 6.36. The van der Waals surface area contributed by atoms with Crippen LogP contribution < -0.4 is 5.30 Å². The van der Waals surface area contributed by atoms with Crippen molar-refractivity contribution in [2.24, 2.45) is 0 Å². The lowest BCUT2D eigenvalue weighted by Gasteiger charge is -2.35. The molecule has 0 aromatic heterocycles. The average Bonchev–Trinajstić information content (AvgIpc) is 2.65.